The SMILES string of the molecule is COc1ccc(S(=O)(=O)N(C)C)cc1NC(=O)[C@H](C)N1C(=O)c2cccc([N+](=O)[O-])c2C1=O. The molecule has 2 aromatic rings. The van der Waals surface area contributed by atoms with E-state index in [0.717, 1.165) is 10.4 Å². The van der Waals surface area contributed by atoms with Crippen LogP contribution in [0.25, 0.3) is 0 Å². The Kier molecular flexibility index (Phi) is 6.20. The van der Waals surface area contributed by atoms with Crippen molar-refractivity contribution >= 4 is 39.1 Å². The number of anilines is 1. The zero-order valence-corrected chi connectivity index (χ0v) is 18.9. The third kappa shape index (κ3) is 4.03. The minimum absolute atomic E-state index is 0.000125. The number of methoxy groups -OCH3 is 1. The first-order valence-corrected chi connectivity index (χ1v) is 10.9. The predicted octanol–water partition coefficient (Wildman–Crippen LogP) is 1.48. The number of rotatable bonds is 7. The van der Waals surface area contributed by atoms with Gasteiger partial charge in [-0.05, 0) is 31.2 Å². The van der Waals surface area contributed by atoms with Gasteiger partial charge in [-0.3, -0.25) is 29.4 Å². The second-order valence-corrected chi connectivity index (χ2v) is 9.40. The molecule has 1 N–H and O–H groups in total. The van der Waals surface area contributed by atoms with Gasteiger partial charge in [-0.15, -0.1) is 0 Å². The number of carbonyl (C=O) groups excluding carboxylic acids is 3. The minimum Gasteiger partial charge on any atom is -0.495 e. The molecule has 0 saturated heterocycles. The number of sulfonamides is 1. The van der Waals surface area contributed by atoms with Gasteiger partial charge in [-0.25, -0.2) is 12.7 Å². The van der Waals surface area contributed by atoms with Crippen LogP contribution in [0.2, 0.25) is 0 Å². The van der Waals surface area contributed by atoms with Gasteiger partial charge in [0.05, 0.1) is 28.2 Å². The molecule has 33 heavy (non-hydrogen) atoms. The molecular formula is C20H20N4O8S. The molecule has 174 valence electrons. The van der Waals surface area contributed by atoms with Gasteiger partial charge in [0.2, 0.25) is 15.9 Å². The molecule has 1 atom stereocenters. The molecule has 0 saturated carbocycles. The molecule has 0 spiro atoms. The molecule has 13 heteroatoms. The topological polar surface area (TPSA) is 156 Å². The Labute approximate surface area is 188 Å². The Morgan fingerprint density at radius 3 is 2.42 bits per heavy atom. The second kappa shape index (κ2) is 8.60. The van der Waals surface area contributed by atoms with E-state index in [0.29, 0.717) is 4.90 Å². The van der Waals surface area contributed by atoms with Crippen molar-refractivity contribution in [3.05, 3.63) is 57.6 Å². The molecule has 0 radical (unpaired) electrons. The number of benzene rings is 2. The summed E-state index contributed by atoms with van der Waals surface area (Å²) in [7, 11) is 0.196. The lowest BCUT2D eigenvalue weighted by molar-refractivity contribution is -0.385. The van der Waals surface area contributed by atoms with Gasteiger partial charge in [0.25, 0.3) is 17.5 Å². The smallest absolute Gasteiger partial charge is 0.282 e. The molecule has 0 bridgehead atoms. The maximum absolute atomic E-state index is 12.9. The summed E-state index contributed by atoms with van der Waals surface area (Å²) in [6, 6.07) is 6.12. The Hall–Kier alpha value is -3.84. The van der Waals surface area contributed by atoms with Gasteiger partial charge in [-0.1, -0.05) is 6.07 Å². The lowest BCUT2D eigenvalue weighted by Crippen LogP contribution is -2.45. The summed E-state index contributed by atoms with van der Waals surface area (Å²) in [6.07, 6.45) is 0. The van der Waals surface area contributed by atoms with Crippen LogP contribution in [0.15, 0.2) is 41.3 Å². The number of nitrogens with one attached hydrogen (secondary N) is 1. The fraction of sp³-hybridized carbons (Fsp3) is 0.250. The zero-order chi connectivity index (χ0) is 24.7. The fourth-order valence-corrected chi connectivity index (χ4v) is 4.23. The van der Waals surface area contributed by atoms with Gasteiger partial charge >= 0.3 is 0 Å². The van der Waals surface area contributed by atoms with Crippen LogP contribution < -0.4 is 10.1 Å². The molecule has 1 heterocycles. The molecule has 0 unspecified atom stereocenters. The first kappa shape index (κ1) is 23.8. The Morgan fingerprint density at radius 2 is 1.85 bits per heavy atom. The van der Waals surface area contributed by atoms with Crippen molar-refractivity contribution in [2.45, 2.75) is 17.9 Å². The van der Waals surface area contributed by atoms with E-state index >= 15 is 0 Å². The predicted molar refractivity (Wildman–Crippen MR) is 116 cm³/mol. The Bertz CT molecular complexity index is 1290. The van der Waals surface area contributed by atoms with E-state index in [4.69, 9.17) is 4.74 Å². The quantitative estimate of drug-likeness (QED) is 0.358. The van der Waals surface area contributed by atoms with Crippen LogP contribution in [-0.2, 0) is 14.8 Å². The van der Waals surface area contributed by atoms with E-state index in [-0.39, 0.29) is 27.5 Å². The van der Waals surface area contributed by atoms with Gasteiger partial charge in [0.15, 0.2) is 0 Å². The van der Waals surface area contributed by atoms with Crippen molar-refractivity contribution in [2.75, 3.05) is 26.5 Å². The summed E-state index contributed by atoms with van der Waals surface area (Å²) in [5, 5.41) is 13.7. The molecule has 2 aromatic carbocycles. The fourth-order valence-electron chi connectivity index (χ4n) is 3.30. The lowest BCUT2D eigenvalue weighted by atomic mass is 10.1. The normalized spacial score (nSPS) is 14.3. The highest BCUT2D eigenvalue weighted by Gasteiger charge is 2.45. The molecule has 1 aliphatic heterocycles. The standard InChI is InChI=1S/C20H20N4O8S/c1-11(23-19(26)13-6-5-7-15(24(28)29)17(13)20(23)27)18(25)21-14-10-12(8-9-16(14)32-4)33(30,31)22(2)3/h5-11H,1-4H3,(H,21,25)/t11-/m0/s1. The van der Waals surface area contributed by atoms with Crippen molar-refractivity contribution in [3.8, 4) is 5.75 Å². The minimum atomic E-state index is -3.82. The molecule has 12 nitrogen and oxygen atoms in total. The number of fused-ring (bicyclic) bond motifs is 1. The number of amides is 3. The van der Waals surface area contributed by atoms with Crippen molar-refractivity contribution in [2.24, 2.45) is 0 Å². The highest BCUT2D eigenvalue weighted by Crippen LogP contribution is 2.33. The van der Waals surface area contributed by atoms with Crippen LogP contribution in [-0.4, -0.2) is 67.5 Å². The number of nitrogens with zero attached hydrogens (tertiary/aromatic N) is 3. The average molecular weight is 476 g/mol. The number of ether oxygens (including phenoxy) is 1. The van der Waals surface area contributed by atoms with E-state index in [1.54, 1.807) is 0 Å². The molecule has 1 aliphatic rings. The van der Waals surface area contributed by atoms with Crippen LogP contribution in [0.1, 0.15) is 27.6 Å². The van der Waals surface area contributed by atoms with E-state index in [9.17, 15) is 32.9 Å². The van der Waals surface area contributed by atoms with Crippen molar-refractivity contribution in [3.63, 3.8) is 0 Å². The molecule has 3 rings (SSSR count). The molecule has 0 fully saturated rings. The lowest BCUT2D eigenvalue weighted by Gasteiger charge is -2.22. The van der Waals surface area contributed by atoms with E-state index in [2.05, 4.69) is 5.32 Å². The molecular weight excluding hydrogens is 456 g/mol. The largest absolute Gasteiger partial charge is 0.495 e. The van der Waals surface area contributed by atoms with E-state index in [1.807, 2.05) is 0 Å². The van der Waals surface area contributed by atoms with Crippen molar-refractivity contribution < 1.29 is 32.5 Å². The first-order valence-electron chi connectivity index (χ1n) is 9.48. The highest BCUT2D eigenvalue weighted by atomic mass is 32.2. The molecule has 0 aromatic heterocycles. The molecule has 0 aliphatic carbocycles. The maximum atomic E-state index is 12.9. The summed E-state index contributed by atoms with van der Waals surface area (Å²) in [6.45, 7) is 1.27. The van der Waals surface area contributed by atoms with Gasteiger partial charge in [0.1, 0.15) is 17.4 Å². The average Bonchev–Trinajstić information content (AvgIpc) is 3.03. The Balaban J connectivity index is 1.93. The van der Waals surface area contributed by atoms with E-state index < -0.39 is 44.4 Å². The number of hydrogen-bond acceptors (Lipinski definition) is 8. The van der Waals surface area contributed by atoms with Crippen molar-refractivity contribution in [1.82, 2.24) is 9.21 Å². The zero-order valence-electron chi connectivity index (χ0n) is 18.1. The van der Waals surface area contributed by atoms with Gasteiger partial charge in [-0.2, -0.15) is 0 Å². The second-order valence-electron chi connectivity index (χ2n) is 7.25. The van der Waals surface area contributed by atoms with Gasteiger partial charge in [0, 0.05) is 20.2 Å². The highest BCUT2D eigenvalue weighted by molar-refractivity contribution is 7.89. The van der Waals surface area contributed by atoms with Crippen LogP contribution >= 0.6 is 0 Å². The number of imide groups is 1. The van der Waals surface area contributed by atoms with Gasteiger partial charge < -0.3 is 10.1 Å². The Morgan fingerprint density at radius 1 is 1.18 bits per heavy atom. The summed E-state index contributed by atoms with van der Waals surface area (Å²) >= 11 is 0. The van der Waals surface area contributed by atoms with E-state index in [1.165, 1.54) is 58.5 Å². The third-order valence-corrected chi connectivity index (χ3v) is 6.91. The summed E-state index contributed by atoms with van der Waals surface area (Å²) in [5.41, 5.74) is -1.10. The number of hydrogen-bond donors (Lipinski definition) is 1. The van der Waals surface area contributed by atoms with Crippen LogP contribution in [0.3, 0.4) is 0 Å². The van der Waals surface area contributed by atoms with Crippen LogP contribution in [0.5, 0.6) is 5.75 Å². The van der Waals surface area contributed by atoms with Crippen molar-refractivity contribution in [1.29, 1.82) is 0 Å². The summed E-state index contributed by atoms with van der Waals surface area (Å²) in [4.78, 5) is 49.5. The monoisotopic (exact) mass is 476 g/mol. The number of nitro groups is 1. The number of carbonyl (C=O) groups is 3. The molecule has 3 amide bonds. The van der Waals surface area contributed by atoms with Crippen LogP contribution in [0.4, 0.5) is 11.4 Å². The summed E-state index contributed by atoms with van der Waals surface area (Å²) < 4.78 is 31.0. The maximum Gasteiger partial charge on any atom is 0.282 e. The number of nitro benzene ring substituents is 1. The summed E-state index contributed by atoms with van der Waals surface area (Å²) in [5.74, 6) is -2.51. The first-order chi connectivity index (χ1) is 15.4. The van der Waals surface area contributed by atoms with Crippen LogP contribution in [0, 0.1) is 10.1 Å². The third-order valence-electron chi connectivity index (χ3n) is 5.10.